The van der Waals surface area contributed by atoms with Crippen LogP contribution >= 0.6 is 23.2 Å². The van der Waals surface area contributed by atoms with Gasteiger partial charge >= 0.3 is 5.97 Å². The smallest absolute Gasteiger partial charge is 0.339 e. The SMILES string of the molecule is Cc1c(C(=O)O)cnn1C1CCN(C(=O)c2ccc(Cl)cc2Cl)CC1. The van der Waals surface area contributed by atoms with Crippen LogP contribution in [0.4, 0.5) is 0 Å². The van der Waals surface area contributed by atoms with Crippen molar-refractivity contribution < 1.29 is 14.7 Å². The Balaban J connectivity index is 1.69. The van der Waals surface area contributed by atoms with Crippen molar-refractivity contribution in [3.05, 3.63) is 51.3 Å². The molecule has 0 saturated carbocycles. The summed E-state index contributed by atoms with van der Waals surface area (Å²) in [4.78, 5) is 25.5. The molecule has 1 aliphatic rings. The van der Waals surface area contributed by atoms with Crippen molar-refractivity contribution in [2.24, 2.45) is 0 Å². The maximum Gasteiger partial charge on any atom is 0.339 e. The highest BCUT2D eigenvalue weighted by atomic mass is 35.5. The van der Waals surface area contributed by atoms with Crippen LogP contribution in [0, 0.1) is 6.92 Å². The van der Waals surface area contributed by atoms with Gasteiger partial charge in [0.2, 0.25) is 0 Å². The van der Waals surface area contributed by atoms with Crippen LogP contribution in [0.25, 0.3) is 0 Å². The van der Waals surface area contributed by atoms with Crippen molar-refractivity contribution in [3.63, 3.8) is 0 Å². The van der Waals surface area contributed by atoms with Gasteiger partial charge in [0.1, 0.15) is 5.56 Å². The van der Waals surface area contributed by atoms with Crippen molar-refractivity contribution in [2.75, 3.05) is 13.1 Å². The summed E-state index contributed by atoms with van der Waals surface area (Å²) in [5.41, 5.74) is 1.29. The van der Waals surface area contributed by atoms with Gasteiger partial charge in [-0.2, -0.15) is 5.10 Å². The molecule has 1 aliphatic heterocycles. The van der Waals surface area contributed by atoms with Crippen LogP contribution < -0.4 is 0 Å². The molecule has 6 nitrogen and oxygen atoms in total. The normalized spacial score (nSPS) is 15.4. The van der Waals surface area contributed by atoms with E-state index < -0.39 is 5.97 Å². The number of carbonyl (C=O) groups excluding carboxylic acids is 1. The molecule has 1 saturated heterocycles. The molecule has 0 bridgehead atoms. The zero-order valence-electron chi connectivity index (χ0n) is 13.6. The van der Waals surface area contributed by atoms with Gasteiger partial charge in [-0.15, -0.1) is 0 Å². The van der Waals surface area contributed by atoms with Gasteiger partial charge in [0, 0.05) is 18.1 Å². The Morgan fingerprint density at radius 1 is 1.20 bits per heavy atom. The van der Waals surface area contributed by atoms with E-state index in [0.29, 0.717) is 47.2 Å². The minimum atomic E-state index is -0.978. The van der Waals surface area contributed by atoms with Crippen LogP contribution in [0.3, 0.4) is 0 Å². The number of amides is 1. The Labute approximate surface area is 154 Å². The van der Waals surface area contributed by atoms with E-state index in [1.807, 2.05) is 0 Å². The second kappa shape index (κ2) is 7.06. The number of hydrogen-bond acceptors (Lipinski definition) is 3. The Morgan fingerprint density at radius 2 is 1.88 bits per heavy atom. The van der Waals surface area contributed by atoms with Gasteiger partial charge in [0.15, 0.2) is 0 Å². The van der Waals surface area contributed by atoms with E-state index in [1.54, 1.807) is 34.7 Å². The first kappa shape index (κ1) is 17.8. The first-order valence-electron chi connectivity index (χ1n) is 7.90. The van der Waals surface area contributed by atoms with Gasteiger partial charge in [-0.25, -0.2) is 4.79 Å². The van der Waals surface area contributed by atoms with Gasteiger partial charge in [-0.1, -0.05) is 23.2 Å². The number of rotatable bonds is 3. The second-order valence-electron chi connectivity index (χ2n) is 6.04. The van der Waals surface area contributed by atoms with Gasteiger partial charge in [-0.3, -0.25) is 9.48 Å². The number of hydrogen-bond donors (Lipinski definition) is 1. The second-order valence-corrected chi connectivity index (χ2v) is 6.88. The molecule has 0 radical (unpaired) electrons. The highest BCUT2D eigenvalue weighted by molar-refractivity contribution is 6.36. The van der Waals surface area contributed by atoms with Crippen LogP contribution in [0.1, 0.15) is 45.3 Å². The Morgan fingerprint density at radius 3 is 2.44 bits per heavy atom. The van der Waals surface area contributed by atoms with E-state index in [4.69, 9.17) is 28.3 Å². The Bertz CT molecular complexity index is 827. The van der Waals surface area contributed by atoms with Crippen molar-refractivity contribution >= 4 is 35.1 Å². The highest BCUT2D eigenvalue weighted by Gasteiger charge is 2.27. The molecule has 1 N–H and O–H groups in total. The number of aromatic nitrogens is 2. The van der Waals surface area contributed by atoms with Crippen LogP contribution in [0.15, 0.2) is 24.4 Å². The molecule has 132 valence electrons. The summed E-state index contributed by atoms with van der Waals surface area (Å²) in [6, 6.07) is 4.92. The molecular formula is C17H17Cl2N3O3. The van der Waals surface area contributed by atoms with Crippen molar-refractivity contribution in [1.29, 1.82) is 0 Å². The van der Waals surface area contributed by atoms with Crippen molar-refractivity contribution in [1.82, 2.24) is 14.7 Å². The molecule has 2 aromatic rings. The van der Waals surface area contributed by atoms with Crippen molar-refractivity contribution in [2.45, 2.75) is 25.8 Å². The third-order valence-corrected chi connectivity index (χ3v) is 5.08. The first-order chi connectivity index (χ1) is 11.9. The van der Waals surface area contributed by atoms with Crippen LogP contribution in [-0.4, -0.2) is 44.8 Å². The number of aromatic carboxylic acids is 1. The van der Waals surface area contributed by atoms with E-state index in [2.05, 4.69) is 5.10 Å². The van der Waals surface area contributed by atoms with Crippen molar-refractivity contribution in [3.8, 4) is 0 Å². The van der Waals surface area contributed by atoms with Gasteiger partial charge in [-0.05, 0) is 38.0 Å². The summed E-state index contributed by atoms with van der Waals surface area (Å²) < 4.78 is 1.75. The Hall–Kier alpha value is -2.05. The summed E-state index contributed by atoms with van der Waals surface area (Å²) in [6.07, 6.45) is 2.79. The molecule has 1 fully saturated rings. The molecular weight excluding hydrogens is 365 g/mol. The maximum absolute atomic E-state index is 12.6. The van der Waals surface area contributed by atoms with Gasteiger partial charge in [0.05, 0.1) is 28.5 Å². The number of carboxylic acids is 1. The number of piperidine rings is 1. The molecule has 1 aromatic carbocycles. The zero-order valence-corrected chi connectivity index (χ0v) is 15.1. The Kier molecular flexibility index (Phi) is 5.01. The molecule has 3 rings (SSSR count). The highest BCUT2D eigenvalue weighted by Crippen LogP contribution is 2.27. The molecule has 0 atom stereocenters. The third kappa shape index (κ3) is 3.50. The fourth-order valence-corrected chi connectivity index (χ4v) is 3.64. The summed E-state index contributed by atoms with van der Waals surface area (Å²) in [7, 11) is 0. The lowest BCUT2D eigenvalue weighted by Gasteiger charge is -2.33. The van der Waals surface area contributed by atoms with E-state index in [9.17, 15) is 9.59 Å². The topological polar surface area (TPSA) is 75.4 Å². The molecule has 0 spiro atoms. The van der Waals surface area contributed by atoms with Crippen LogP contribution in [0.5, 0.6) is 0 Å². The monoisotopic (exact) mass is 381 g/mol. The average molecular weight is 382 g/mol. The standard InChI is InChI=1S/C17H17Cl2N3O3/c1-10-14(17(24)25)9-20-22(10)12-4-6-21(7-5-12)16(23)13-3-2-11(18)8-15(13)19/h2-3,8-9,12H,4-7H2,1H3,(H,24,25). The third-order valence-electron chi connectivity index (χ3n) is 4.53. The van der Waals surface area contributed by atoms with E-state index in [-0.39, 0.29) is 17.5 Å². The number of likely N-dealkylation sites (tertiary alicyclic amines) is 1. The average Bonchev–Trinajstić information content (AvgIpc) is 2.96. The number of carbonyl (C=O) groups is 2. The van der Waals surface area contributed by atoms with Gasteiger partial charge < -0.3 is 10.0 Å². The minimum absolute atomic E-state index is 0.0813. The first-order valence-corrected chi connectivity index (χ1v) is 8.66. The summed E-state index contributed by atoms with van der Waals surface area (Å²) in [5.74, 6) is -1.10. The van der Waals surface area contributed by atoms with E-state index >= 15 is 0 Å². The lowest BCUT2D eigenvalue weighted by atomic mass is 10.0. The molecule has 25 heavy (non-hydrogen) atoms. The van der Waals surface area contributed by atoms with E-state index in [1.165, 1.54) is 6.20 Å². The van der Waals surface area contributed by atoms with Gasteiger partial charge in [0.25, 0.3) is 5.91 Å². The predicted molar refractivity (Wildman–Crippen MR) is 94.6 cm³/mol. The number of nitrogens with zero attached hydrogens (tertiary/aromatic N) is 3. The number of benzene rings is 1. The molecule has 1 amide bonds. The fraction of sp³-hybridized carbons (Fsp3) is 0.353. The quantitative estimate of drug-likeness (QED) is 0.879. The summed E-state index contributed by atoms with van der Waals surface area (Å²) in [5, 5.41) is 14.2. The fourth-order valence-electron chi connectivity index (χ4n) is 3.15. The summed E-state index contributed by atoms with van der Waals surface area (Å²) in [6.45, 7) is 2.87. The molecule has 2 heterocycles. The maximum atomic E-state index is 12.6. The van der Waals surface area contributed by atoms with E-state index in [0.717, 1.165) is 0 Å². The minimum Gasteiger partial charge on any atom is -0.478 e. The zero-order chi connectivity index (χ0) is 18.1. The molecule has 0 aliphatic carbocycles. The predicted octanol–water partition coefficient (Wildman–Crippen LogP) is 3.67. The lowest BCUT2D eigenvalue weighted by Crippen LogP contribution is -2.39. The molecule has 1 aromatic heterocycles. The van der Waals surface area contributed by atoms with Crippen LogP contribution in [-0.2, 0) is 0 Å². The van der Waals surface area contributed by atoms with Crippen LogP contribution in [0.2, 0.25) is 10.0 Å². The molecule has 8 heteroatoms. The lowest BCUT2D eigenvalue weighted by molar-refractivity contribution is 0.0688. The summed E-state index contributed by atoms with van der Waals surface area (Å²) >= 11 is 12.0. The number of carboxylic acid groups (broad SMARTS) is 1. The molecule has 0 unspecified atom stereocenters. The largest absolute Gasteiger partial charge is 0.478 e. The number of halogens is 2.